The normalized spacial score (nSPS) is 10.4. The van der Waals surface area contributed by atoms with Gasteiger partial charge in [-0.3, -0.25) is 9.78 Å². The van der Waals surface area contributed by atoms with Gasteiger partial charge in [-0.05, 0) is 34.7 Å². The second-order valence-electron chi connectivity index (χ2n) is 2.39. The number of nitrogens with one attached hydrogen (secondary N) is 1. The van der Waals surface area contributed by atoms with Crippen molar-refractivity contribution in [1.29, 1.82) is 0 Å². The van der Waals surface area contributed by atoms with Crippen LogP contribution in [0.3, 0.4) is 0 Å². The van der Waals surface area contributed by atoms with Crippen molar-refractivity contribution >= 4 is 33.5 Å². The number of H-pyrrole nitrogens is 1. The van der Waals surface area contributed by atoms with Gasteiger partial charge in [-0.1, -0.05) is 6.07 Å². The van der Waals surface area contributed by atoms with Crippen LogP contribution in [-0.2, 0) is 0 Å². The van der Waals surface area contributed by atoms with Crippen LogP contribution in [0.2, 0.25) is 0 Å². The van der Waals surface area contributed by atoms with Crippen LogP contribution in [-0.4, -0.2) is 9.97 Å². The molecule has 0 amide bonds. The monoisotopic (exact) mass is 272 g/mol. The van der Waals surface area contributed by atoms with Crippen LogP contribution in [0.1, 0.15) is 0 Å². The van der Waals surface area contributed by atoms with Crippen LogP contribution < -0.4 is 5.56 Å². The van der Waals surface area contributed by atoms with Crippen molar-refractivity contribution in [3.63, 3.8) is 0 Å². The minimum atomic E-state index is -0.127. The number of rotatable bonds is 0. The highest BCUT2D eigenvalue weighted by atomic mass is 127. The van der Waals surface area contributed by atoms with Crippen LogP contribution in [0.25, 0.3) is 10.9 Å². The highest BCUT2D eigenvalue weighted by molar-refractivity contribution is 14.1. The number of hydrogen-bond donors (Lipinski definition) is 1. The first-order valence-corrected chi connectivity index (χ1v) is 4.49. The zero-order valence-electron chi connectivity index (χ0n) is 6.04. The van der Waals surface area contributed by atoms with Crippen LogP contribution in [0.5, 0.6) is 0 Å². The number of fused-ring (bicyclic) bond motifs is 1. The second kappa shape index (κ2) is 2.85. The van der Waals surface area contributed by atoms with E-state index in [-0.39, 0.29) is 5.56 Å². The molecule has 0 radical (unpaired) electrons. The van der Waals surface area contributed by atoms with Gasteiger partial charge in [0.1, 0.15) is 5.52 Å². The van der Waals surface area contributed by atoms with Gasteiger partial charge in [-0.15, -0.1) is 0 Å². The molecule has 0 atom stereocenters. The Hall–Kier alpha value is -0.910. The lowest BCUT2D eigenvalue weighted by molar-refractivity contribution is 1.20. The van der Waals surface area contributed by atoms with E-state index in [0.717, 1.165) is 9.09 Å². The summed E-state index contributed by atoms with van der Waals surface area (Å²) in [5.41, 5.74) is 0.371. The van der Waals surface area contributed by atoms with Crippen molar-refractivity contribution in [2.24, 2.45) is 0 Å². The molecule has 2 aromatic heterocycles. The molecule has 2 rings (SSSR count). The van der Waals surface area contributed by atoms with Gasteiger partial charge in [0.05, 0.1) is 3.70 Å². The number of aromatic nitrogens is 2. The van der Waals surface area contributed by atoms with Gasteiger partial charge in [-0.2, -0.15) is 0 Å². The van der Waals surface area contributed by atoms with Gasteiger partial charge in [0.2, 0.25) is 0 Å². The van der Waals surface area contributed by atoms with Crippen LogP contribution >= 0.6 is 22.6 Å². The molecule has 0 aliphatic rings. The summed E-state index contributed by atoms with van der Waals surface area (Å²) < 4.78 is 0.832. The summed E-state index contributed by atoms with van der Waals surface area (Å²) in [7, 11) is 0. The quantitative estimate of drug-likeness (QED) is 0.584. The fourth-order valence-corrected chi connectivity index (χ4v) is 1.64. The molecule has 0 saturated heterocycles. The maximum absolute atomic E-state index is 11.3. The Labute approximate surface area is 82.0 Å². The summed E-state index contributed by atoms with van der Waals surface area (Å²) >= 11 is 2.07. The zero-order chi connectivity index (χ0) is 8.55. The largest absolute Gasteiger partial charge is 0.315 e. The maximum atomic E-state index is 11.3. The molecule has 0 saturated carbocycles. The highest BCUT2D eigenvalue weighted by Crippen LogP contribution is 2.07. The molecule has 1 N–H and O–H groups in total. The average Bonchev–Trinajstić information content (AvgIpc) is 2.04. The first-order chi connectivity index (χ1) is 5.77. The molecule has 0 bridgehead atoms. The fraction of sp³-hybridized carbons (Fsp3) is 0. The Morgan fingerprint density at radius 1 is 1.50 bits per heavy atom. The molecule has 60 valence electrons. The lowest BCUT2D eigenvalue weighted by Crippen LogP contribution is -2.08. The van der Waals surface area contributed by atoms with Gasteiger partial charge < -0.3 is 4.98 Å². The minimum Gasteiger partial charge on any atom is -0.315 e. The summed E-state index contributed by atoms with van der Waals surface area (Å²) in [5.74, 6) is 0. The highest BCUT2D eigenvalue weighted by Gasteiger charge is 1.98. The molecular formula is C8H5IN2O. The molecule has 3 nitrogen and oxygen atoms in total. The lowest BCUT2D eigenvalue weighted by Gasteiger charge is -1.95. The first-order valence-electron chi connectivity index (χ1n) is 3.41. The van der Waals surface area contributed by atoms with E-state index in [4.69, 9.17) is 0 Å². The third-order valence-corrected chi connectivity index (χ3v) is 2.15. The number of pyridine rings is 2. The maximum Gasteiger partial charge on any atom is 0.275 e. The Bertz CT molecular complexity index is 478. The summed E-state index contributed by atoms with van der Waals surface area (Å²) in [4.78, 5) is 17.9. The SMILES string of the molecule is O=c1[nH]c(I)cc2cccnc12. The topological polar surface area (TPSA) is 45.8 Å². The summed E-state index contributed by atoms with van der Waals surface area (Å²) in [6.07, 6.45) is 1.62. The van der Waals surface area contributed by atoms with Crippen molar-refractivity contribution in [3.05, 3.63) is 38.5 Å². The summed E-state index contributed by atoms with van der Waals surface area (Å²) in [5, 5.41) is 0.880. The standard InChI is InChI=1S/C8H5IN2O/c9-6-4-5-2-1-3-10-7(5)8(12)11-6/h1-4H,(H,11,12). The third-order valence-electron chi connectivity index (χ3n) is 1.57. The zero-order valence-corrected chi connectivity index (χ0v) is 8.20. The van der Waals surface area contributed by atoms with Crippen LogP contribution in [0.15, 0.2) is 29.2 Å². The summed E-state index contributed by atoms with van der Waals surface area (Å²) in [6, 6.07) is 5.59. The van der Waals surface area contributed by atoms with Crippen molar-refractivity contribution in [2.45, 2.75) is 0 Å². The van der Waals surface area contributed by atoms with Crippen molar-refractivity contribution in [3.8, 4) is 0 Å². The molecule has 0 aliphatic heterocycles. The molecule has 0 aliphatic carbocycles. The van der Waals surface area contributed by atoms with Crippen molar-refractivity contribution in [1.82, 2.24) is 9.97 Å². The van der Waals surface area contributed by atoms with E-state index in [1.165, 1.54) is 0 Å². The molecule has 0 unspecified atom stereocenters. The second-order valence-corrected chi connectivity index (χ2v) is 3.55. The Balaban J connectivity index is 2.99. The van der Waals surface area contributed by atoms with E-state index < -0.39 is 0 Å². The first kappa shape index (κ1) is 7.72. The Morgan fingerprint density at radius 3 is 3.17 bits per heavy atom. The molecular weight excluding hydrogens is 267 g/mol. The molecule has 2 aromatic rings. The van der Waals surface area contributed by atoms with E-state index in [9.17, 15) is 4.79 Å². The smallest absolute Gasteiger partial charge is 0.275 e. The van der Waals surface area contributed by atoms with Gasteiger partial charge in [0, 0.05) is 11.6 Å². The Kier molecular flexibility index (Phi) is 1.84. The Morgan fingerprint density at radius 2 is 2.33 bits per heavy atom. The van der Waals surface area contributed by atoms with Crippen LogP contribution in [0.4, 0.5) is 0 Å². The fourth-order valence-electron chi connectivity index (χ4n) is 1.06. The molecule has 2 heterocycles. The van der Waals surface area contributed by atoms with E-state index in [1.54, 1.807) is 6.20 Å². The van der Waals surface area contributed by atoms with Gasteiger partial charge in [0.15, 0.2) is 0 Å². The van der Waals surface area contributed by atoms with E-state index in [1.807, 2.05) is 18.2 Å². The number of hydrogen-bond acceptors (Lipinski definition) is 2. The average molecular weight is 272 g/mol. The predicted octanol–water partition coefficient (Wildman–Crippen LogP) is 1.53. The van der Waals surface area contributed by atoms with Gasteiger partial charge in [0.25, 0.3) is 5.56 Å². The molecule has 12 heavy (non-hydrogen) atoms. The lowest BCUT2D eigenvalue weighted by atomic mass is 10.3. The predicted molar refractivity (Wildman–Crippen MR) is 55.1 cm³/mol. The van der Waals surface area contributed by atoms with E-state index in [0.29, 0.717) is 5.52 Å². The number of aromatic amines is 1. The summed E-state index contributed by atoms with van der Waals surface area (Å²) in [6.45, 7) is 0. The van der Waals surface area contributed by atoms with Gasteiger partial charge >= 0.3 is 0 Å². The third kappa shape index (κ3) is 1.22. The van der Waals surface area contributed by atoms with Crippen molar-refractivity contribution in [2.75, 3.05) is 0 Å². The van der Waals surface area contributed by atoms with Crippen LogP contribution in [0, 0.1) is 3.70 Å². The molecule has 0 spiro atoms. The van der Waals surface area contributed by atoms with E-state index >= 15 is 0 Å². The minimum absolute atomic E-state index is 0.127. The van der Waals surface area contributed by atoms with E-state index in [2.05, 4.69) is 32.6 Å². The van der Waals surface area contributed by atoms with Gasteiger partial charge in [-0.25, -0.2) is 0 Å². The molecule has 0 fully saturated rings. The molecule has 4 heteroatoms. The van der Waals surface area contributed by atoms with Crippen molar-refractivity contribution < 1.29 is 0 Å². The number of nitrogens with zero attached hydrogens (tertiary/aromatic N) is 1. The number of halogens is 1. The molecule has 0 aromatic carbocycles.